The van der Waals surface area contributed by atoms with Crippen molar-refractivity contribution in [1.82, 2.24) is 0 Å². The second-order valence-electron chi connectivity index (χ2n) is 10.3. The van der Waals surface area contributed by atoms with Crippen LogP contribution in [0.15, 0.2) is 107 Å². The minimum absolute atomic E-state index is 0.00912. The quantitative estimate of drug-likeness (QED) is 0.245. The van der Waals surface area contributed by atoms with Gasteiger partial charge in [0.15, 0.2) is 0 Å². The van der Waals surface area contributed by atoms with Gasteiger partial charge in [-0.3, -0.25) is 4.99 Å². The van der Waals surface area contributed by atoms with Crippen molar-refractivity contribution < 1.29 is 4.74 Å². The average Bonchev–Trinajstić information content (AvgIpc) is 3.43. The number of nitrogens with zero attached hydrogens (tertiary/aromatic N) is 2. The first-order chi connectivity index (χ1) is 18.5. The highest BCUT2D eigenvalue weighted by Crippen LogP contribution is 2.35. The molecule has 4 aromatic carbocycles. The van der Waals surface area contributed by atoms with Crippen molar-refractivity contribution in [3.05, 3.63) is 125 Å². The first-order valence-corrected chi connectivity index (χ1v) is 13.4. The Bertz CT molecular complexity index is 1430. The molecule has 1 N–H and O–H groups in total. The molecule has 0 saturated heterocycles. The van der Waals surface area contributed by atoms with Crippen molar-refractivity contribution >= 4 is 29.2 Å². The Balaban J connectivity index is 1.45. The first kappa shape index (κ1) is 25.5. The zero-order valence-corrected chi connectivity index (χ0v) is 22.6. The van der Waals surface area contributed by atoms with Crippen LogP contribution in [-0.4, -0.2) is 18.7 Å². The normalized spacial score (nSPS) is 15.2. The molecule has 1 aliphatic rings. The molecule has 0 saturated carbocycles. The number of rotatable bonds is 8. The summed E-state index contributed by atoms with van der Waals surface area (Å²) in [5, 5.41) is 3.63. The molecule has 0 amide bonds. The average molecular weight is 502 g/mol. The molecular formula is C34H35N3O. The van der Waals surface area contributed by atoms with Crippen molar-refractivity contribution in [3.8, 4) is 0 Å². The SMILES string of the molecule is CC(C)c1cccc(C(C)C)c1N=Cc1ccccc1Nc1ccccc1C1=NC(c2ccccc2)CO1. The summed E-state index contributed by atoms with van der Waals surface area (Å²) in [6.07, 6.45) is 1.98. The van der Waals surface area contributed by atoms with Crippen molar-refractivity contribution in [2.75, 3.05) is 11.9 Å². The van der Waals surface area contributed by atoms with Crippen molar-refractivity contribution in [3.63, 3.8) is 0 Å². The van der Waals surface area contributed by atoms with E-state index >= 15 is 0 Å². The summed E-state index contributed by atoms with van der Waals surface area (Å²) in [5.41, 5.74) is 8.68. The van der Waals surface area contributed by atoms with E-state index in [9.17, 15) is 0 Å². The van der Waals surface area contributed by atoms with Crippen LogP contribution in [0.3, 0.4) is 0 Å². The van der Waals surface area contributed by atoms with Gasteiger partial charge in [-0.15, -0.1) is 0 Å². The van der Waals surface area contributed by atoms with Gasteiger partial charge < -0.3 is 10.1 Å². The van der Waals surface area contributed by atoms with Crippen LogP contribution in [0, 0.1) is 0 Å². The second-order valence-corrected chi connectivity index (χ2v) is 10.3. The summed E-state index contributed by atoms with van der Waals surface area (Å²) >= 11 is 0. The van der Waals surface area contributed by atoms with Gasteiger partial charge in [0.25, 0.3) is 0 Å². The van der Waals surface area contributed by atoms with Gasteiger partial charge in [0, 0.05) is 17.5 Å². The molecule has 0 bridgehead atoms. The van der Waals surface area contributed by atoms with Gasteiger partial charge in [-0.2, -0.15) is 0 Å². The van der Waals surface area contributed by atoms with Crippen LogP contribution in [0.5, 0.6) is 0 Å². The Labute approximate surface area is 226 Å². The number of hydrogen-bond donors (Lipinski definition) is 1. The zero-order chi connectivity index (χ0) is 26.5. The number of hydrogen-bond acceptors (Lipinski definition) is 4. The number of nitrogens with one attached hydrogen (secondary N) is 1. The van der Waals surface area contributed by atoms with Crippen LogP contribution >= 0.6 is 0 Å². The lowest BCUT2D eigenvalue weighted by Crippen LogP contribution is -2.06. The van der Waals surface area contributed by atoms with Gasteiger partial charge in [0.05, 0.1) is 16.9 Å². The fraction of sp³-hybridized carbons (Fsp3) is 0.235. The minimum Gasteiger partial charge on any atom is -0.475 e. The van der Waals surface area contributed by atoms with Gasteiger partial charge >= 0.3 is 0 Å². The smallest absolute Gasteiger partial charge is 0.219 e. The number of benzene rings is 4. The van der Waals surface area contributed by atoms with Gasteiger partial charge in [0.2, 0.25) is 5.90 Å². The van der Waals surface area contributed by atoms with Crippen LogP contribution in [0.1, 0.15) is 73.4 Å². The summed E-state index contributed by atoms with van der Waals surface area (Å²) < 4.78 is 6.07. The predicted molar refractivity (Wildman–Crippen MR) is 160 cm³/mol. The van der Waals surface area contributed by atoms with Crippen LogP contribution in [0.25, 0.3) is 0 Å². The molecule has 0 radical (unpaired) electrons. The zero-order valence-electron chi connectivity index (χ0n) is 22.6. The fourth-order valence-corrected chi connectivity index (χ4v) is 4.81. The third-order valence-corrected chi connectivity index (χ3v) is 6.90. The van der Waals surface area contributed by atoms with Crippen LogP contribution in [0.4, 0.5) is 17.1 Å². The maximum absolute atomic E-state index is 6.07. The van der Waals surface area contributed by atoms with Gasteiger partial charge in [-0.25, -0.2) is 4.99 Å². The molecule has 192 valence electrons. The maximum Gasteiger partial charge on any atom is 0.219 e. The first-order valence-electron chi connectivity index (χ1n) is 13.4. The molecule has 4 aromatic rings. The largest absolute Gasteiger partial charge is 0.475 e. The number of aliphatic imine (C=N–C) groups is 2. The van der Waals surface area contributed by atoms with Crippen molar-refractivity contribution in [1.29, 1.82) is 0 Å². The van der Waals surface area contributed by atoms with E-state index in [4.69, 9.17) is 14.7 Å². The lowest BCUT2D eigenvalue weighted by Gasteiger charge is -2.17. The molecule has 1 heterocycles. The number of anilines is 2. The third-order valence-electron chi connectivity index (χ3n) is 6.90. The Morgan fingerprint density at radius 3 is 2.11 bits per heavy atom. The predicted octanol–water partition coefficient (Wildman–Crippen LogP) is 8.95. The Morgan fingerprint density at radius 2 is 1.39 bits per heavy atom. The maximum atomic E-state index is 6.07. The highest BCUT2D eigenvalue weighted by molar-refractivity contribution is 6.02. The molecular weight excluding hydrogens is 466 g/mol. The second kappa shape index (κ2) is 11.5. The van der Waals surface area contributed by atoms with E-state index in [0.717, 1.165) is 33.8 Å². The highest BCUT2D eigenvalue weighted by atomic mass is 16.5. The molecule has 0 aromatic heterocycles. The lowest BCUT2D eigenvalue weighted by molar-refractivity contribution is 0.320. The minimum atomic E-state index is 0.00912. The Hall–Kier alpha value is -4.18. The van der Waals surface area contributed by atoms with Gasteiger partial charge in [-0.1, -0.05) is 107 Å². The molecule has 5 rings (SSSR count). The van der Waals surface area contributed by atoms with E-state index < -0.39 is 0 Å². The van der Waals surface area contributed by atoms with Crippen molar-refractivity contribution in [2.24, 2.45) is 9.98 Å². The van der Waals surface area contributed by atoms with Crippen molar-refractivity contribution in [2.45, 2.75) is 45.6 Å². The fourth-order valence-electron chi connectivity index (χ4n) is 4.81. The van der Waals surface area contributed by atoms with E-state index in [0.29, 0.717) is 24.3 Å². The Morgan fingerprint density at radius 1 is 0.763 bits per heavy atom. The molecule has 4 nitrogen and oxygen atoms in total. The highest BCUT2D eigenvalue weighted by Gasteiger charge is 2.23. The van der Waals surface area contributed by atoms with E-state index in [-0.39, 0.29) is 6.04 Å². The topological polar surface area (TPSA) is 46.0 Å². The molecule has 0 spiro atoms. The lowest BCUT2D eigenvalue weighted by atomic mass is 9.93. The standard InChI is InChI=1S/C34H35N3O/c1-23(2)27-17-12-18-28(24(3)4)33(27)35-21-26-15-8-10-19-30(26)36-31-20-11-9-16-29(31)34-37-32(22-38-34)25-13-6-5-7-14-25/h5-21,23-24,32,36H,22H2,1-4H3. The Kier molecular flexibility index (Phi) is 7.69. The number of ether oxygens (including phenoxy) is 1. The molecule has 4 heteroatoms. The molecule has 1 unspecified atom stereocenters. The van der Waals surface area contributed by atoms with Crippen LogP contribution < -0.4 is 5.32 Å². The van der Waals surface area contributed by atoms with E-state index in [1.54, 1.807) is 0 Å². The summed E-state index contributed by atoms with van der Waals surface area (Å²) in [7, 11) is 0. The molecule has 1 atom stereocenters. The van der Waals surface area contributed by atoms with Crippen LogP contribution in [-0.2, 0) is 4.74 Å². The monoisotopic (exact) mass is 501 g/mol. The number of para-hydroxylation sites is 3. The van der Waals surface area contributed by atoms with Crippen LogP contribution in [0.2, 0.25) is 0 Å². The van der Waals surface area contributed by atoms with E-state index in [1.165, 1.54) is 11.1 Å². The van der Waals surface area contributed by atoms with Gasteiger partial charge in [-0.05, 0) is 46.7 Å². The summed E-state index contributed by atoms with van der Waals surface area (Å²) in [6, 6.07) is 33.3. The van der Waals surface area contributed by atoms with Gasteiger partial charge in [0.1, 0.15) is 12.6 Å². The third kappa shape index (κ3) is 5.55. The summed E-state index contributed by atoms with van der Waals surface area (Å²) in [5.74, 6) is 1.46. The summed E-state index contributed by atoms with van der Waals surface area (Å²) in [6.45, 7) is 9.44. The van der Waals surface area contributed by atoms with E-state index in [1.807, 2.05) is 48.7 Å². The molecule has 0 aliphatic carbocycles. The molecule has 1 aliphatic heterocycles. The molecule has 0 fully saturated rings. The molecule has 38 heavy (non-hydrogen) atoms. The van der Waals surface area contributed by atoms with E-state index in [2.05, 4.69) is 87.6 Å². The summed E-state index contributed by atoms with van der Waals surface area (Å²) in [4.78, 5) is 9.96.